The van der Waals surface area contributed by atoms with E-state index in [0.717, 1.165) is 19.3 Å². The van der Waals surface area contributed by atoms with Gasteiger partial charge in [-0.05, 0) is 31.4 Å². The van der Waals surface area contributed by atoms with Gasteiger partial charge in [0.25, 0.3) is 11.6 Å². The number of hydrogen-bond acceptors (Lipinski definition) is 8. The molecule has 0 amide bonds. The second-order valence-electron chi connectivity index (χ2n) is 5.73. The summed E-state index contributed by atoms with van der Waals surface area (Å²) in [6, 6.07) is 4.59. The predicted molar refractivity (Wildman–Crippen MR) is 81.0 cm³/mol. The quantitative estimate of drug-likeness (QED) is 0.562. The summed E-state index contributed by atoms with van der Waals surface area (Å²) in [5, 5.41) is 19.2. The van der Waals surface area contributed by atoms with Crippen LogP contribution >= 0.6 is 0 Å². The Labute approximate surface area is 135 Å². The molecule has 4 rings (SSSR count). The molecule has 10 heteroatoms. The van der Waals surface area contributed by atoms with E-state index in [1.54, 1.807) is 12.1 Å². The van der Waals surface area contributed by atoms with Crippen molar-refractivity contribution in [1.82, 2.24) is 24.9 Å². The zero-order valence-electron chi connectivity index (χ0n) is 12.5. The monoisotopic (exact) mass is 327 g/mol. The van der Waals surface area contributed by atoms with Crippen LogP contribution in [-0.2, 0) is 5.54 Å². The summed E-state index contributed by atoms with van der Waals surface area (Å²) < 4.78 is 6.56. The van der Waals surface area contributed by atoms with Gasteiger partial charge >= 0.3 is 0 Å². The molecule has 1 saturated carbocycles. The first-order chi connectivity index (χ1) is 11.6. The Balaban J connectivity index is 1.74. The molecule has 1 aliphatic rings. The highest BCUT2D eigenvalue weighted by Crippen LogP contribution is 2.38. The Bertz CT molecular complexity index is 899. The highest BCUT2D eigenvalue weighted by Gasteiger charge is 2.39. The van der Waals surface area contributed by atoms with Crippen LogP contribution in [0.2, 0.25) is 0 Å². The Morgan fingerprint density at radius 2 is 2.21 bits per heavy atom. The summed E-state index contributed by atoms with van der Waals surface area (Å²) in [4.78, 5) is 19.0. The van der Waals surface area contributed by atoms with Crippen LogP contribution in [0.1, 0.15) is 25.1 Å². The highest BCUT2D eigenvalue weighted by atomic mass is 16.6. The van der Waals surface area contributed by atoms with E-state index in [1.165, 1.54) is 23.4 Å². The third-order valence-electron chi connectivity index (χ3n) is 4.20. The van der Waals surface area contributed by atoms with Gasteiger partial charge in [0.2, 0.25) is 0 Å². The minimum atomic E-state index is -0.547. The van der Waals surface area contributed by atoms with Gasteiger partial charge in [-0.3, -0.25) is 10.1 Å². The van der Waals surface area contributed by atoms with Gasteiger partial charge in [0.15, 0.2) is 5.82 Å². The highest BCUT2D eigenvalue weighted by molar-refractivity contribution is 5.64. The van der Waals surface area contributed by atoms with Crippen molar-refractivity contribution in [3.8, 4) is 17.1 Å². The number of nitro groups is 1. The van der Waals surface area contributed by atoms with Crippen LogP contribution in [0.4, 0.5) is 5.69 Å². The molecular weight excluding hydrogens is 314 g/mol. The largest absolute Gasteiger partial charge is 0.334 e. The molecule has 2 N–H and O–H groups in total. The molecule has 0 saturated heterocycles. The van der Waals surface area contributed by atoms with E-state index in [9.17, 15) is 10.1 Å². The van der Waals surface area contributed by atoms with Gasteiger partial charge in [0.1, 0.15) is 18.3 Å². The number of nitrogens with two attached hydrogens (primary N) is 1. The third-order valence-corrected chi connectivity index (χ3v) is 4.20. The number of hydrogen-bond donors (Lipinski definition) is 1. The summed E-state index contributed by atoms with van der Waals surface area (Å²) in [5.41, 5.74) is 6.24. The maximum absolute atomic E-state index is 11.4. The summed E-state index contributed by atoms with van der Waals surface area (Å²) in [7, 11) is 0. The van der Waals surface area contributed by atoms with Gasteiger partial charge in [-0.1, -0.05) is 5.16 Å². The zero-order chi connectivity index (χ0) is 16.7. The SMILES string of the molecule is NC1(c2noc(-c3ccc(-n4cncn4)c([N+](=O)[O-])c3)n2)CCC1. The van der Waals surface area contributed by atoms with Crippen molar-refractivity contribution in [1.29, 1.82) is 0 Å². The summed E-state index contributed by atoms with van der Waals surface area (Å²) in [6.45, 7) is 0. The van der Waals surface area contributed by atoms with E-state index in [2.05, 4.69) is 20.2 Å². The topological polar surface area (TPSA) is 139 Å². The van der Waals surface area contributed by atoms with Crippen LogP contribution in [-0.4, -0.2) is 29.8 Å². The lowest BCUT2D eigenvalue weighted by Gasteiger charge is -2.34. The van der Waals surface area contributed by atoms with E-state index in [4.69, 9.17) is 10.3 Å². The second-order valence-corrected chi connectivity index (χ2v) is 5.73. The molecule has 0 unspecified atom stereocenters. The molecule has 3 aromatic rings. The molecule has 0 spiro atoms. The van der Waals surface area contributed by atoms with E-state index in [1.807, 2.05) is 0 Å². The second kappa shape index (κ2) is 5.20. The van der Waals surface area contributed by atoms with Gasteiger partial charge < -0.3 is 10.3 Å². The summed E-state index contributed by atoms with van der Waals surface area (Å²) in [5.74, 6) is 0.640. The van der Waals surface area contributed by atoms with Gasteiger partial charge in [-0.2, -0.15) is 10.1 Å². The van der Waals surface area contributed by atoms with Crippen molar-refractivity contribution < 1.29 is 9.45 Å². The van der Waals surface area contributed by atoms with Crippen molar-refractivity contribution >= 4 is 5.69 Å². The molecule has 1 aromatic carbocycles. The Morgan fingerprint density at radius 3 is 2.83 bits per heavy atom. The average molecular weight is 327 g/mol. The first-order valence-electron chi connectivity index (χ1n) is 7.34. The summed E-state index contributed by atoms with van der Waals surface area (Å²) in [6.07, 6.45) is 5.33. The van der Waals surface area contributed by atoms with Crippen LogP contribution in [0.25, 0.3) is 17.1 Å². The van der Waals surface area contributed by atoms with E-state index < -0.39 is 10.5 Å². The van der Waals surface area contributed by atoms with Gasteiger partial charge in [-0.25, -0.2) is 9.67 Å². The van der Waals surface area contributed by atoms with Gasteiger partial charge in [-0.15, -0.1) is 0 Å². The maximum atomic E-state index is 11.4. The fourth-order valence-corrected chi connectivity index (χ4v) is 2.65. The van der Waals surface area contributed by atoms with Crippen molar-refractivity contribution in [3.05, 3.63) is 46.8 Å². The van der Waals surface area contributed by atoms with E-state index in [0.29, 0.717) is 17.1 Å². The zero-order valence-corrected chi connectivity index (χ0v) is 12.5. The molecule has 2 aromatic heterocycles. The number of nitro benzene ring substituents is 1. The fourth-order valence-electron chi connectivity index (χ4n) is 2.65. The number of benzene rings is 1. The van der Waals surface area contributed by atoms with Crippen LogP contribution < -0.4 is 5.73 Å². The van der Waals surface area contributed by atoms with Gasteiger partial charge in [0, 0.05) is 11.6 Å². The minimum absolute atomic E-state index is 0.135. The van der Waals surface area contributed by atoms with Crippen LogP contribution in [0.5, 0.6) is 0 Å². The average Bonchev–Trinajstić information content (AvgIpc) is 3.23. The van der Waals surface area contributed by atoms with E-state index in [-0.39, 0.29) is 11.6 Å². The van der Waals surface area contributed by atoms with Crippen LogP contribution in [0.15, 0.2) is 35.4 Å². The van der Waals surface area contributed by atoms with Gasteiger partial charge in [0.05, 0.1) is 10.5 Å². The molecule has 1 aliphatic carbocycles. The van der Waals surface area contributed by atoms with E-state index >= 15 is 0 Å². The molecule has 0 atom stereocenters. The predicted octanol–water partition coefficient (Wildman–Crippen LogP) is 1.56. The smallest absolute Gasteiger partial charge is 0.295 e. The molecule has 2 heterocycles. The minimum Gasteiger partial charge on any atom is -0.334 e. The number of rotatable bonds is 4. The molecule has 0 aliphatic heterocycles. The molecule has 122 valence electrons. The van der Waals surface area contributed by atoms with Crippen molar-refractivity contribution in [2.24, 2.45) is 5.73 Å². The first kappa shape index (κ1) is 14.5. The molecular formula is C14H13N7O3. The van der Waals surface area contributed by atoms with Crippen LogP contribution in [0, 0.1) is 10.1 Å². The van der Waals surface area contributed by atoms with Crippen molar-refractivity contribution in [2.75, 3.05) is 0 Å². The summed E-state index contributed by atoms with van der Waals surface area (Å²) >= 11 is 0. The van der Waals surface area contributed by atoms with Crippen molar-refractivity contribution in [3.63, 3.8) is 0 Å². The van der Waals surface area contributed by atoms with Crippen molar-refractivity contribution in [2.45, 2.75) is 24.8 Å². The lowest BCUT2D eigenvalue weighted by Crippen LogP contribution is -2.44. The number of nitrogens with zero attached hydrogens (tertiary/aromatic N) is 6. The Kier molecular flexibility index (Phi) is 3.13. The Morgan fingerprint density at radius 1 is 1.38 bits per heavy atom. The maximum Gasteiger partial charge on any atom is 0.295 e. The molecule has 24 heavy (non-hydrogen) atoms. The molecule has 10 nitrogen and oxygen atoms in total. The molecule has 0 radical (unpaired) electrons. The number of aromatic nitrogens is 5. The fraction of sp³-hybridized carbons (Fsp3) is 0.286. The lowest BCUT2D eigenvalue weighted by molar-refractivity contribution is -0.384. The molecule has 1 fully saturated rings. The third kappa shape index (κ3) is 2.24. The Hall–Kier alpha value is -3.14. The standard InChI is InChI=1S/C14H13N7O3/c15-14(4-1-5-14)13-18-12(24-19-13)9-2-3-10(11(6-9)21(22)23)20-8-16-7-17-20/h2-3,6-8H,1,4-5,15H2. The normalized spacial score (nSPS) is 15.9. The lowest BCUT2D eigenvalue weighted by atomic mass is 9.77. The first-order valence-corrected chi connectivity index (χ1v) is 7.34. The van der Waals surface area contributed by atoms with Crippen LogP contribution in [0.3, 0.4) is 0 Å². The molecule has 0 bridgehead atoms.